The number of aliphatic hydroxyl groups excluding tert-OH is 1. The summed E-state index contributed by atoms with van der Waals surface area (Å²) in [6, 6.07) is 16.6. The number of para-hydroxylation sites is 2. The van der Waals surface area contributed by atoms with E-state index in [4.69, 9.17) is 0 Å². The zero-order chi connectivity index (χ0) is 15.4. The number of carbonyl (C=O) groups excluding carboxylic acids is 1. The molecule has 1 aliphatic rings. The van der Waals surface area contributed by atoms with Crippen LogP contribution in [-0.4, -0.2) is 30.7 Å². The molecule has 0 aromatic heterocycles. The Morgan fingerprint density at radius 1 is 1.05 bits per heavy atom. The number of anilines is 2. The van der Waals surface area contributed by atoms with Crippen LogP contribution in [0, 0.1) is 0 Å². The van der Waals surface area contributed by atoms with E-state index in [1.807, 2.05) is 12.1 Å². The Hall–Kier alpha value is -2.33. The highest BCUT2D eigenvalue weighted by Gasteiger charge is 2.22. The highest BCUT2D eigenvalue weighted by molar-refractivity contribution is 5.71. The standard InChI is InChI=1S/C18H20N2O2/c21-13-19-11-16(22)12-20-17-7-3-1-5-14(17)9-10-15-6-2-4-8-18(15)20/h1-8,13,16,22H,9-12H2,(H,19,21). The molecule has 1 amide bonds. The van der Waals surface area contributed by atoms with Gasteiger partial charge in [0.15, 0.2) is 0 Å². The SMILES string of the molecule is O=CNCC(O)CN1c2ccccc2CCc2ccccc21. The molecule has 4 heteroatoms. The molecule has 1 atom stereocenters. The molecule has 0 bridgehead atoms. The monoisotopic (exact) mass is 296 g/mol. The van der Waals surface area contributed by atoms with Crippen molar-refractivity contribution in [3.8, 4) is 0 Å². The molecule has 1 aliphatic heterocycles. The third-order valence-corrected chi connectivity index (χ3v) is 4.06. The largest absolute Gasteiger partial charge is 0.389 e. The van der Waals surface area contributed by atoms with Gasteiger partial charge in [-0.05, 0) is 36.1 Å². The Morgan fingerprint density at radius 3 is 2.14 bits per heavy atom. The molecule has 0 aliphatic carbocycles. The fraction of sp³-hybridized carbons (Fsp3) is 0.278. The van der Waals surface area contributed by atoms with E-state index in [-0.39, 0.29) is 6.54 Å². The van der Waals surface area contributed by atoms with Crippen LogP contribution in [0.2, 0.25) is 0 Å². The zero-order valence-corrected chi connectivity index (χ0v) is 12.4. The normalized spacial score (nSPS) is 14.5. The van der Waals surface area contributed by atoms with E-state index < -0.39 is 6.10 Å². The van der Waals surface area contributed by atoms with Gasteiger partial charge in [-0.2, -0.15) is 0 Å². The number of aryl methyl sites for hydroxylation is 2. The topological polar surface area (TPSA) is 52.6 Å². The molecule has 0 saturated heterocycles. The number of nitrogens with one attached hydrogen (secondary N) is 1. The number of nitrogens with zero attached hydrogens (tertiary/aromatic N) is 1. The molecule has 0 spiro atoms. The van der Waals surface area contributed by atoms with Crippen molar-refractivity contribution < 1.29 is 9.90 Å². The number of β-amino-alcohol motifs (C(OH)–C–C–N with tert-alkyl or cyclic N) is 1. The number of rotatable bonds is 5. The van der Waals surface area contributed by atoms with Crippen molar-refractivity contribution in [2.75, 3.05) is 18.0 Å². The van der Waals surface area contributed by atoms with E-state index in [0.29, 0.717) is 13.0 Å². The number of hydrogen-bond acceptors (Lipinski definition) is 3. The van der Waals surface area contributed by atoms with Crippen molar-refractivity contribution in [3.63, 3.8) is 0 Å². The summed E-state index contributed by atoms with van der Waals surface area (Å²) < 4.78 is 0. The minimum Gasteiger partial charge on any atom is -0.389 e. The molecule has 114 valence electrons. The lowest BCUT2D eigenvalue weighted by Crippen LogP contribution is -2.36. The van der Waals surface area contributed by atoms with E-state index in [9.17, 15) is 9.90 Å². The van der Waals surface area contributed by atoms with Crippen molar-refractivity contribution in [2.24, 2.45) is 0 Å². The van der Waals surface area contributed by atoms with Gasteiger partial charge in [0.1, 0.15) is 0 Å². The molecular weight excluding hydrogens is 276 g/mol. The van der Waals surface area contributed by atoms with E-state index in [2.05, 4.69) is 46.6 Å². The lowest BCUT2D eigenvalue weighted by molar-refractivity contribution is -0.109. The summed E-state index contributed by atoms with van der Waals surface area (Å²) in [7, 11) is 0. The summed E-state index contributed by atoms with van der Waals surface area (Å²) in [5.74, 6) is 0. The van der Waals surface area contributed by atoms with Crippen molar-refractivity contribution in [3.05, 3.63) is 59.7 Å². The van der Waals surface area contributed by atoms with E-state index >= 15 is 0 Å². The Kier molecular flexibility index (Phi) is 4.39. The Labute approximate surface area is 130 Å². The van der Waals surface area contributed by atoms with Gasteiger partial charge in [-0.3, -0.25) is 4.79 Å². The number of benzene rings is 2. The number of hydrogen-bond donors (Lipinski definition) is 2. The van der Waals surface area contributed by atoms with Gasteiger partial charge in [-0.15, -0.1) is 0 Å². The maximum absolute atomic E-state index is 10.4. The van der Waals surface area contributed by atoms with Crippen molar-refractivity contribution in [1.29, 1.82) is 0 Å². The van der Waals surface area contributed by atoms with Gasteiger partial charge in [0.25, 0.3) is 0 Å². The maximum Gasteiger partial charge on any atom is 0.207 e. The van der Waals surface area contributed by atoms with Gasteiger partial charge in [-0.1, -0.05) is 36.4 Å². The minimum atomic E-state index is -0.621. The van der Waals surface area contributed by atoms with Crippen LogP contribution in [0.5, 0.6) is 0 Å². The first-order valence-electron chi connectivity index (χ1n) is 7.58. The van der Waals surface area contributed by atoms with E-state index in [1.54, 1.807) is 0 Å². The summed E-state index contributed by atoms with van der Waals surface area (Å²) in [4.78, 5) is 12.6. The summed E-state index contributed by atoms with van der Waals surface area (Å²) in [5.41, 5.74) is 4.85. The first-order valence-corrected chi connectivity index (χ1v) is 7.58. The smallest absolute Gasteiger partial charge is 0.207 e. The van der Waals surface area contributed by atoms with Crippen LogP contribution in [0.25, 0.3) is 0 Å². The molecule has 22 heavy (non-hydrogen) atoms. The second kappa shape index (κ2) is 6.62. The predicted molar refractivity (Wildman–Crippen MR) is 87.4 cm³/mol. The summed E-state index contributed by atoms with van der Waals surface area (Å²) in [5, 5.41) is 12.8. The van der Waals surface area contributed by atoms with Gasteiger partial charge >= 0.3 is 0 Å². The van der Waals surface area contributed by atoms with Crippen LogP contribution < -0.4 is 10.2 Å². The molecule has 0 fully saturated rings. The minimum absolute atomic E-state index is 0.254. The van der Waals surface area contributed by atoms with Crippen molar-refractivity contribution in [2.45, 2.75) is 18.9 Å². The maximum atomic E-state index is 10.4. The molecule has 0 radical (unpaired) electrons. The number of fused-ring (bicyclic) bond motifs is 2. The van der Waals surface area contributed by atoms with Gasteiger partial charge in [0.2, 0.25) is 6.41 Å². The number of carbonyl (C=O) groups is 1. The van der Waals surface area contributed by atoms with E-state index in [0.717, 1.165) is 24.2 Å². The average molecular weight is 296 g/mol. The molecule has 1 unspecified atom stereocenters. The zero-order valence-electron chi connectivity index (χ0n) is 12.4. The molecule has 2 aromatic rings. The van der Waals surface area contributed by atoms with Crippen LogP contribution in [0.15, 0.2) is 48.5 Å². The fourth-order valence-electron chi connectivity index (χ4n) is 3.03. The molecule has 2 N–H and O–H groups in total. The van der Waals surface area contributed by atoms with Gasteiger partial charge < -0.3 is 15.3 Å². The quantitative estimate of drug-likeness (QED) is 0.830. The summed E-state index contributed by atoms with van der Waals surface area (Å²) >= 11 is 0. The van der Waals surface area contributed by atoms with Gasteiger partial charge in [0, 0.05) is 17.9 Å². The second-order valence-corrected chi connectivity index (χ2v) is 5.55. The highest BCUT2D eigenvalue weighted by Crippen LogP contribution is 2.35. The number of aliphatic hydroxyl groups is 1. The lowest BCUT2D eigenvalue weighted by atomic mass is 10.0. The molecule has 1 heterocycles. The first-order chi connectivity index (χ1) is 10.8. The van der Waals surface area contributed by atoms with E-state index in [1.165, 1.54) is 11.1 Å². The lowest BCUT2D eigenvalue weighted by Gasteiger charge is -2.29. The first kappa shape index (κ1) is 14.6. The molecule has 2 aromatic carbocycles. The van der Waals surface area contributed by atoms with Crippen molar-refractivity contribution >= 4 is 17.8 Å². The van der Waals surface area contributed by atoms with Crippen LogP contribution in [-0.2, 0) is 17.6 Å². The van der Waals surface area contributed by atoms with Crippen LogP contribution >= 0.6 is 0 Å². The summed E-state index contributed by atoms with van der Waals surface area (Å²) in [6.07, 6.45) is 1.98. The highest BCUT2D eigenvalue weighted by atomic mass is 16.3. The average Bonchev–Trinajstić information content (AvgIpc) is 2.71. The van der Waals surface area contributed by atoms with Crippen molar-refractivity contribution in [1.82, 2.24) is 5.32 Å². The van der Waals surface area contributed by atoms with Crippen LogP contribution in [0.3, 0.4) is 0 Å². The molecule has 0 saturated carbocycles. The number of amides is 1. The van der Waals surface area contributed by atoms with Gasteiger partial charge in [0.05, 0.1) is 12.6 Å². The molecule has 3 rings (SSSR count). The fourth-order valence-corrected chi connectivity index (χ4v) is 3.03. The molecule has 4 nitrogen and oxygen atoms in total. The third kappa shape index (κ3) is 2.97. The van der Waals surface area contributed by atoms with Crippen LogP contribution in [0.4, 0.5) is 11.4 Å². The Balaban J connectivity index is 1.97. The van der Waals surface area contributed by atoms with Crippen LogP contribution in [0.1, 0.15) is 11.1 Å². The third-order valence-electron chi connectivity index (χ3n) is 4.06. The Morgan fingerprint density at radius 2 is 1.59 bits per heavy atom. The second-order valence-electron chi connectivity index (χ2n) is 5.55. The van der Waals surface area contributed by atoms with Gasteiger partial charge in [-0.25, -0.2) is 0 Å². The molecular formula is C18H20N2O2. The predicted octanol–water partition coefficient (Wildman–Crippen LogP) is 2.03. The Bertz CT molecular complexity index is 610. The summed E-state index contributed by atoms with van der Waals surface area (Å²) in [6.45, 7) is 0.708.